The molecular formula is C24H23F3N6O2. The highest BCUT2D eigenvalue weighted by Crippen LogP contribution is 2.30. The number of hydrogen-bond donors (Lipinski definition) is 1. The van der Waals surface area contributed by atoms with E-state index >= 15 is 0 Å². The van der Waals surface area contributed by atoms with Gasteiger partial charge < -0.3 is 14.6 Å². The third kappa shape index (κ3) is 5.34. The second-order valence-corrected chi connectivity index (χ2v) is 8.13. The summed E-state index contributed by atoms with van der Waals surface area (Å²) in [5.74, 6) is 1.05. The van der Waals surface area contributed by atoms with Crippen LogP contribution in [-0.2, 0) is 19.8 Å². The van der Waals surface area contributed by atoms with Crippen LogP contribution in [0.15, 0.2) is 61.2 Å². The fraction of sp³-hybridized carbons (Fsp3) is 0.250. The number of amides is 1. The molecule has 0 bridgehead atoms. The zero-order chi connectivity index (χ0) is 25.2. The van der Waals surface area contributed by atoms with Gasteiger partial charge in [0.25, 0.3) is 5.91 Å². The number of carbonyl (C=O) groups excluding carboxylic acids is 1. The molecule has 0 radical (unpaired) electrons. The number of benzene rings is 1. The van der Waals surface area contributed by atoms with E-state index in [0.717, 1.165) is 18.1 Å². The van der Waals surface area contributed by atoms with E-state index in [1.54, 1.807) is 30.5 Å². The van der Waals surface area contributed by atoms with Gasteiger partial charge in [-0.1, -0.05) is 13.8 Å². The summed E-state index contributed by atoms with van der Waals surface area (Å²) >= 11 is 0. The van der Waals surface area contributed by atoms with Crippen LogP contribution in [0.4, 0.5) is 18.9 Å². The summed E-state index contributed by atoms with van der Waals surface area (Å²) in [5.41, 5.74) is 0.529. The van der Waals surface area contributed by atoms with Crippen molar-refractivity contribution in [2.24, 2.45) is 7.05 Å². The van der Waals surface area contributed by atoms with Gasteiger partial charge in [-0.2, -0.15) is 18.3 Å². The number of pyridine rings is 1. The maximum absolute atomic E-state index is 13.0. The zero-order valence-electron chi connectivity index (χ0n) is 19.2. The molecule has 4 aromatic rings. The van der Waals surface area contributed by atoms with Crippen LogP contribution in [0, 0.1) is 0 Å². The molecule has 0 saturated heterocycles. The summed E-state index contributed by atoms with van der Waals surface area (Å²) in [7, 11) is 1.88. The van der Waals surface area contributed by atoms with E-state index in [1.807, 2.05) is 31.7 Å². The first-order valence-corrected chi connectivity index (χ1v) is 10.8. The van der Waals surface area contributed by atoms with Crippen molar-refractivity contribution in [1.29, 1.82) is 0 Å². The molecule has 3 heterocycles. The Bertz CT molecular complexity index is 1310. The fourth-order valence-electron chi connectivity index (χ4n) is 3.47. The molecule has 0 aliphatic rings. The second-order valence-electron chi connectivity index (χ2n) is 8.13. The summed E-state index contributed by atoms with van der Waals surface area (Å²) in [4.78, 5) is 21.1. The summed E-state index contributed by atoms with van der Waals surface area (Å²) in [5, 5.41) is 7.04. The van der Waals surface area contributed by atoms with Crippen LogP contribution in [-0.4, -0.2) is 30.2 Å². The van der Waals surface area contributed by atoms with Gasteiger partial charge >= 0.3 is 6.18 Å². The number of rotatable bonds is 7. The van der Waals surface area contributed by atoms with Gasteiger partial charge in [0.2, 0.25) is 0 Å². The third-order valence-electron chi connectivity index (χ3n) is 5.29. The van der Waals surface area contributed by atoms with Crippen molar-refractivity contribution in [1.82, 2.24) is 24.3 Å². The van der Waals surface area contributed by atoms with Crippen LogP contribution in [0.3, 0.4) is 0 Å². The van der Waals surface area contributed by atoms with Crippen LogP contribution in [0.25, 0.3) is 5.82 Å². The van der Waals surface area contributed by atoms with Crippen molar-refractivity contribution >= 4 is 11.6 Å². The topological polar surface area (TPSA) is 86.9 Å². The molecule has 0 fully saturated rings. The first kappa shape index (κ1) is 24.0. The van der Waals surface area contributed by atoms with E-state index in [1.165, 1.54) is 16.9 Å². The van der Waals surface area contributed by atoms with Crippen LogP contribution in [0.2, 0.25) is 0 Å². The summed E-state index contributed by atoms with van der Waals surface area (Å²) in [6.07, 6.45) is 1.17. The monoisotopic (exact) mass is 484 g/mol. The SMILES string of the molecule is CC(C)c1c(C(=O)Nc2ccc(OCc3nccn3C)cc2)cnn1-c1ccc(C(F)(F)F)cn1. The number of nitrogens with one attached hydrogen (secondary N) is 1. The quantitative estimate of drug-likeness (QED) is 0.400. The average molecular weight is 484 g/mol. The minimum Gasteiger partial charge on any atom is -0.486 e. The molecule has 8 nitrogen and oxygen atoms in total. The largest absolute Gasteiger partial charge is 0.486 e. The maximum Gasteiger partial charge on any atom is 0.417 e. The predicted molar refractivity (Wildman–Crippen MR) is 122 cm³/mol. The predicted octanol–water partition coefficient (Wildman–Crippen LogP) is 4.97. The Morgan fingerprint density at radius 3 is 2.40 bits per heavy atom. The Morgan fingerprint density at radius 2 is 1.83 bits per heavy atom. The summed E-state index contributed by atoms with van der Waals surface area (Å²) in [6, 6.07) is 9.05. The number of carbonyl (C=O) groups is 1. The van der Waals surface area contributed by atoms with E-state index in [-0.39, 0.29) is 11.7 Å². The molecule has 0 aliphatic carbocycles. The third-order valence-corrected chi connectivity index (χ3v) is 5.29. The van der Waals surface area contributed by atoms with Gasteiger partial charge in [-0.15, -0.1) is 0 Å². The molecule has 0 aliphatic heterocycles. The van der Waals surface area contributed by atoms with Gasteiger partial charge in [0.15, 0.2) is 5.82 Å². The molecule has 182 valence electrons. The Morgan fingerprint density at radius 1 is 1.09 bits per heavy atom. The van der Waals surface area contributed by atoms with Gasteiger partial charge in [-0.05, 0) is 42.3 Å². The molecule has 0 unspecified atom stereocenters. The van der Waals surface area contributed by atoms with Crippen molar-refractivity contribution in [2.75, 3.05) is 5.32 Å². The minimum atomic E-state index is -4.49. The number of hydrogen-bond acceptors (Lipinski definition) is 5. The molecule has 11 heteroatoms. The summed E-state index contributed by atoms with van der Waals surface area (Å²) < 4.78 is 47.6. The number of halogens is 3. The number of aryl methyl sites for hydroxylation is 1. The smallest absolute Gasteiger partial charge is 0.417 e. The first-order chi connectivity index (χ1) is 16.6. The number of aromatic nitrogens is 5. The number of imidazole rings is 1. The molecule has 1 N–H and O–H groups in total. The number of ether oxygens (including phenoxy) is 1. The van der Waals surface area contributed by atoms with E-state index < -0.39 is 17.6 Å². The molecule has 1 aromatic carbocycles. The lowest BCUT2D eigenvalue weighted by molar-refractivity contribution is -0.137. The number of nitrogens with zero attached hydrogens (tertiary/aromatic N) is 5. The Kier molecular flexibility index (Phi) is 6.59. The second kappa shape index (κ2) is 9.61. The molecule has 4 rings (SSSR count). The van der Waals surface area contributed by atoms with Gasteiger partial charge in [0.1, 0.15) is 18.2 Å². The van der Waals surface area contributed by atoms with Gasteiger partial charge in [0, 0.05) is 31.3 Å². The highest BCUT2D eigenvalue weighted by Gasteiger charge is 2.31. The van der Waals surface area contributed by atoms with Crippen molar-refractivity contribution in [3.63, 3.8) is 0 Å². The van der Waals surface area contributed by atoms with Crippen LogP contribution < -0.4 is 10.1 Å². The normalized spacial score (nSPS) is 11.6. The molecule has 0 spiro atoms. The number of alkyl halides is 3. The highest BCUT2D eigenvalue weighted by atomic mass is 19.4. The van der Waals surface area contributed by atoms with Crippen molar-refractivity contribution < 1.29 is 22.7 Å². The Hall–Kier alpha value is -4.15. The van der Waals surface area contributed by atoms with Crippen LogP contribution in [0.1, 0.15) is 47.2 Å². The van der Waals surface area contributed by atoms with E-state index in [9.17, 15) is 18.0 Å². The molecule has 0 saturated carbocycles. The lowest BCUT2D eigenvalue weighted by Crippen LogP contribution is -2.16. The van der Waals surface area contributed by atoms with E-state index in [2.05, 4.69) is 20.4 Å². The van der Waals surface area contributed by atoms with E-state index in [0.29, 0.717) is 29.3 Å². The summed E-state index contributed by atoms with van der Waals surface area (Å²) in [6.45, 7) is 4.04. The van der Waals surface area contributed by atoms with Crippen molar-refractivity contribution in [3.05, 3.63) is 83.8 Å². The van der Waals surface area contributed by atoms with E-state index in [4.69, 9.17) is 4.74 Å². The first-order valence-electron chi connectivity index (χ1n) is 10.8. The van der Waals surface area contributed by atoms with Crippen molar-refractivity contribution in [2.45, 2.75) is 32.5 Å². The fourth-order valence-corrected chi connectivity index (χ4v) is 3.47. The average Bonchev–Trinajstić information content (AvgIpc) is 3.44. The maximum atomic E-state index is 13.0. The zero-order valence-corrected chi connectivity index (χ0v) is 19.2. The van der Waals surface area contributed by atoms with Crippen LogP contribution in [0.5, 0.6) is 5.75 Å². The Labute approximate surface area is 199 Å². The highest BCUT2D eigenvalue weighted by molar-refractivity contribution is 6.05. The van der Waals surface area contributed by atoms with Crippen molar-refractivity contribution in [3.8, 4) is 11.6 Å². The van der Waals surface area contributed by atoms with Gasteiger partial charge in [-0.3, -0.25) is 4.79 Å². The molecule has 0 atom stereocenters. The molecule has 1 amide bonds. The molecular weight excluding hydrogens is 461 g/mol. The standard InChI is InChI=1S/C24H23F3N6O2/c1-15(2)22-19(13-30-33(22)20-9-4-16(12-29-20)24(25,26)27)23(34)31-17-5-7-18(8-6-17)35-14-21-28-10-11-32(21)3/h4-13,15H,14H2,1-3H3,(H,31,34). The van der Waals surface area contributed by atoms with Crippen LogP contribution >= 0.6 is 0 Å². The van der Waals surface area contributed by atoms with Gasteiger partial charge in [-0.25, -0.2) is 14.6 Å². The molecule has 35 heavy (non-hydrogen) atoms. The Balaban J connectivity index is 1.48. The van der Waals surface area contributed by atoms with Gasteiger partial charge in [0.05, 0.1) is 23.0 Å². The lowest BCUT2D eigenvalue weighted by atomic mass is 10.1. The number of anilines is 1. The lowest BCUT2D eigenvalue weighted by Gasteiger charge is -2.13. The molecule has 3 aromatic heterocycles. The minimum absolute atomic E-state index is 0.149.